The normalized spacial score (nSPS) is 10.3. The molecule has 19 heavy (non-hydrogen) atoms. The SMILES string of the molecule is CCc1ccc(CNc2cc(Cl)ccc2OC)cc1. The molecule has 0 fully saturated rings. The number of anilines is 1. The van der Waals surface area contributed by atoms with Gasteiger partial charge in [0.15, 0.2) is 0 Å². The molecule has 0 aliphatic rings. The highest BCUT2D eigenvalue weighted by atomic mass is 35.5. The zero-order valence-corrected chi connectivity index (χ0v) is 12.0. The Balaban J connectivity index is 2.07. The Bertz CT molecular complexity index is 537. The largest absolute Gasteiger partial charge is 0.495 e. The second kappa shape index (κ2) is 6.48. The summed E-state index contributed by atoms with van der Waals surface area (Å²) >= 11 is 6.00. The van der Waals surface area contributed by atoms with Gasteiger partial charge in [-0.2, -0.15) is 0 Å². The lowest BCUT2D eigenvalue weighted by Crippen LogP contribution is -2.01. The van der Waals surface area contributed by atoms with Gasteiger partial charge < -0.3 is 10.1 Å². The molecule has 0 saturated heterocycles. The van der Waals surface area contributed by atoms with Crippen LogP contribution in [0.3, 0.4) is 0 Å². The van der Waals surface area contributed by atoms with Gasteiger partial charge in [0, 0.05) is 11.6 Å². The standard InChI is InChI=1S/C16H18ClNO/c1-3-12-4-6-13(7-5-12)11-18-15-10-14(17)8-9-16(15)19-2/h4-10,18H,3,11H2,1-2H3. The van der Waals surface area contributed by atoms with Crippen molar-refractivity contribution in [1.29, 1.82) is 0 Å². The van der Waals surface area contributed by atoms with E-state index in [2.05, 4.69) is 36.5 Å². The molecular formula is C16H18ClNO. The number of halogens is 1. The van der Waals surface area contributed by atoms with E-state index >= 15 is 0 Å². The first-order valence-corrected chi connectivity index (χ1v) is 6.76. The third-order valence-electron chi connectivity index (χ3n) is 3.08. The van der Waals surface area contributed by atoms with E-state index in [0.717, 1.165) is 24.4 Å². The van der Waals surface area contributed by atoms with Crippen LogP contribution in [-0.2, 0) is 13.0 Å². The van der Waals surface area contributed by atoms with E-state index in [4.69, 9.17) is 16.3 Å². The summed E-state index contributed by atoms with van der Waals surface area (Å²) in [6.07, 6.45) is 1.07. The summed E-state index contributed by atoms with van der Waals surface area (Å²) in [6.45, 7) is 2.91. The van der Waals surface area contributed by atoms with Crippen molar-refractivity contribution in [2.24, 2.45) is 0 Å². The highest BCUT2D eigenvalue weighted by molar-refractivity contribution is 6.30. The van der Waals surface area contributed by atoms with Gasteiger partial charge in [0.25, 0.3) is 0 Å². The van der Waals surface area contributed by atoms with Gasteiger partial charge in [-0.05, 0) is 35.7 Å². The molecule has 100 valence electrons. The lowest BCUT2D eigenvalue weighted by molar-refractivity contribution is 0.416. The Labute approximate surface area is 119 Å². The molecule has 0 bridgehead atoms. The first-order valence-electron chi connectivity index (χ1n) is 6.38. The predicted octanol–water partition coefficient (Wildman–Crippen LogP) is 4.52. The minimum atomic E-state index is 0.699. The number of aryl methyl sites for hydroxylation is 1. The van der Waals surface area contributed by atoms with E-state index in [9.17, 15) is 0 Å². The Morgan fingerprint density at radius 3 is 2.37 bits per heavy atom. The molecule has 0 radical (unpaired) electrons. The van der Waals surface area contributed by atoms with Crippen LogP contribution in [0.5, 0.6) is 5.75 Å². The number of hydrogen-bond acceptors (Lipinski definition) is 2. The maximum Gasteiger partial charge on any atom is 0.142 e. The number of hydrogen-bond donors (Lipinski definition) is 1. The van der Waals surface area contributed by atoms with E-state index < -0.39 is 0 Å². The number of methoxy groups -OCH3 is 1. The van der Waals surface area contributed by atoms with Crippen molar-refractivity contribution in [3.8, 4) is 5.75 Å². The molecule has 1 N–H and O–H groups in total. The molecular weight excluding hydrogens is 258 g/mol. The number of ether oxygens (including phenoxy) is 1. The molecule has 2 nitrogen and oxygen atoms in total. The van der Waals surface area contributed by atoms with E-state index in [1.807, 2.05) is 18.2 Å². The first kappa shape index (κ1) is 13.8. The molecule has 0 aromatic heterocycles. The van der Waals surface area contributed by atoms with Gasteiger partial charge in [-0.1, -0.05) is 42.8 Å². The van der Waals surface area contributed by atoms with Crippen molar-refractivity contribution >= 4 is 17.3 Å². The molecule has 0 aliphatic carbocycles. The second-order valence-corrected chi connectivity index (χ2v) is 4.80. The fourth-order valence-electron chi connectivity index (χ4n) is 1.91. The lowest BCUT2D eigenvalue weighted by Gasteiger charge is -2.11. The molecule has 2 rings (SSSR count). The van der Waals surface area contributed by atoms with Crippen LogP contribution in [-0.4, -0.2) is 7.11 Å². The van der Waals surface area contributed by atoms with Crippen LogP contribution in [0.2, 0.25) is 5.02 Å². The van der Waals surface area contributed by atoms with Crippen LogP contribution in [0.4, 0.5) is 5.69 Å². The topological polar surface area (TPSA) is 21.3 Å². The van der Waals surface area contributed by atoms with Crippen LogP contribution < -0.4 is 10.1 Å². The van der Waals surface area contributed by atoms with Crippen molar-refractivity contribution in [2.45, 2.75) is 19.9 Å². The minimum absolute atomic E-state index is 0.699. The molecule has 2 aromatic carbocycles. The highest BCUT2D eigenvalue weighted by Gasteiger charge is 2.03. The van der Waals surface area contributed by atoms with Crippen molar-refractivity contribution in [3.05, 3.63) is 58.6 Å². The van der Waals surface area contributed by atoms with Gasteiger partial charge in [-0.25, -0.2) is 0 Å². The molecule has 0 atom stereocenters. The summed E-state index contributed by atoms with van der Waals surface area (Å²) in [5.74, 6) is 0.801. The first-order chi connectivity index (χ1) is 9.22. The zero-order chi connectivity index (χ0) is 13.7. The van der Waals surface area contributed by atoms with Gasteiger partial charge in [0.1, 0.15) is 5.75 Å². The van der Waals surface area contributed by atoms with Gasteiger partial charge in [0.05, 0.1) is 12.8 Å². The second-order valence-electron chi connectivity index (χ2n) is 4.37. The summed E-state index contributed by atoms with van der Waals surface area (Å²) in [4.78, 5) is 0. The zero-order valence-electron chi connectivity index (χ0n) is 11.2. The van der Waals surface area contributed by atoms with Crippen LogP contribution in [0.15, 0.2) is 42.5 Å². The molecule has 0 spiro atoms. The fraction of sp³-hybridized carbons (Fsp3) is 0.250. The minimum Gasteiger partial charge on any atom is -0.495 e. The number of nitrogens with one attached hydrogen (secondary N) is 1. The maximum absolute atomic E-state index is 6.00. The van der Waals surface area contributed by atoms with Crippen molar-refractivity contribution in [2.75, 3.05) is 12.4 Å². The Morgan fingerprint density at radius 2 is 1.74 bits per heavy atom. The van der Waals surface area contributed by atoms with E-state index in [0.29, 0.717) is 5.02 Å². The third-order valence-corrected chi connectivity index (χ3v) is 3.31. The average molecular weight is 276 g/mol. The summed E-state index contributed by atoms with van der Waals surface area (Å²) in [5, 5.41) is 4.05. The van der Waals surface area contributed by atoms with Crippen molar-refractivity contribution < 1.29 is 4.74 Å². The average Bonchev–Trinajstić information content (AvgIpc) is 2.46. The maximum atomic E-state index is 6.00. The van der Waals surface area contributed by atoms with Gasteiger partial charge in [-0.3, -0.25) is 0 Å². The Morgan fingerprint density at radius 1 is 1.05 bits per heavy atom. The van der Waals surface area contributed by atoms with E-state index in [1.165, 1.54) is 11.1 Å². The van der Waals surface area contributed by atoms with Gasteiger partial charge >= 0.3 is 0 Å². The summed E-state index contributed by atoms with van der Waals surface area (Å²) in [7, 11) is 1.66. The summed E-state index contributed by atoms with van der Waals surface area (Å²) in [6, 6.07) is 14.2. The van der Waals surface area contributed by atoms with Crippen LogP contribution >= 0.6 is 11.6 Å². The summed E-state index contributed by atoms with van der Waals surface area (Å²) < 4.78 is 5.30. The van der Waals surface area contributed by atoms with Crippen LogP contribution in [0.25, 0.3) is 0 Å². The smallest absolute Gasteiger partial charge is 0.142 e. The molecule has 3 heteroatoms. The molecule has 0 unspecified atom stereocenters. The summed E-state index contributed by atoms with van der Waals surface area (Å²) in [5.41, 5.74) is 3.50. The predicted molar refractivity (Wildman–Crippen MR) is 81.2 cm³/mol. The molecule has 0 amide bonds. The lowest BCUT2D eigenvalue weighted by atomic mass is 10.1. The third kappa shape index (κ3) is 3.65. The van der Waals surface area contributed by atoms with E-state index in [-0.39, 0.29) is 0 Å². The number of benzene rings is 2. The van der Waals surface area contributed by atoms with Crippen LogP contribution in [0, 0.1) is 0 Å². The van der Waals surface area contributed by atoms with E-state index in [1.54, 1.807) is 7.11 Å². The quantitative estimate of drug-likeness (QED) is 0.866. The number of rotatable bonds is 5. The Kier molecular flexibility index (Phi) is 4.69. The monoisotopic (exact) mass is 275 g/mol. The van der Waals surface area contributed by atoms with Crippen LogP contribution in [0.1, 0.15) is 18.1 Å². The van der Waals surface area contributed by atoms with Gasteiger partial charge in [0.2, 0.25) is 0 Å². The van der Waals surface area contributed by atoms with Gasteiger partial charge in [-0.15, -0.1) is 0 Å². The van der Waals surface area contributed by atoms with Crippen molar-refractivity contribution in [3.63, 3.8) is 0 Å². The Hall–Kier alpha value is -1.67. The molecule has 0 aliphatic heterocycles. The molecule has 2 aromatic rings. The fourth-order valence-corrected chi connectivity index (χ4v) is 2.08. The van der Waals surface area contributed by atoms with Crippen molar-refractivity contribution in [1.82, 2.24) is 0 Å². The highest BCUT2D eigenvalue weighted by Crippen LogP contribution is 2.28. The molecule has 0 saturated carbocycles. The molecule has 0 heterocycles.